The van der Waals surface area contributed by atoms with Crippen LogP contribution < -0.4 is 15.5 Å². The number of unbranched alkanes of at least 4 members (excludes halogenated alkanes) is 1. The molecule has 3 rings (SSSR count). The van der Waals surface area contributed by atoms with Gasteiger partial charge >= 0.3 is 0 Å². The van der Waals surface area contributed by atoms with Crippen LogP contribution in [0.25, 0.3) is 0 Å². The molecule has 1 unspecified atom stereocenters. The average Bonchev–Trinajstić information content (AvgIpc) is 3.19. The number of piperazine rings is 1. The predicted molar refractivity (Wildman–Crippen MR) is 122 cm³/mol. The van der Waals surface area contributed by atoms with Crippen molar-refractivity contribution in [2.45, 2.75) is 45.1 Å². The van der Waals surface area contributed by atoms with E-state index >= 15 is 0 Å². The molecule has 162 valence electrons. The first kappa shape index (κ1) is 21.9. The van der Waals surface area contributed by atoms with Crippen molar-refractivity contribution >= 4 is 11.6 Å². The molecular weight excluding hydrogens is 362 g/mol. The lowest BCUT2D eigenvalue weighted by Gasteiger charge is -2.36. The van der Waals surface area contributed by atoms with E-state index in [4.69, 9.17) is 9.73 Å². The van der Waals surface area contributed by atoms with E-state index in [2.05, 4.69) is 64.6 Å². The topological polar surface area (TPSA) is 52.1 Å². The maximum Gasteiger partial charge on any atom is 0.191 e. The second kappa shape index (κ2) is 11.4. The molecule has 1 atom stereocenters. The van der Waals surface area contributed by atoms with Crippen LogP contribution in [-0.2, 0) is 4.74 Å². The number of ether oxygens (including phenoxy) is 1. The molecule has 1 aromatic carbocycles. The Labute approximate surface area is 176 Å². The van der Waals surface area contributed by atoms with Gasteiger partial charge in [0.15, 0.2) is 5.96 Å². The van der Waals surface area contributed by atoms with E-state index in [1.807, 2.05) is 0 Å². The van der Waals surface area contributed by atoms with Crippen molar-refractivity contribution in [1.29, 1.82) is 0 Å². The highest BCUT2D eigenvalue weighted by Crippen LogP contribution is 2.25. The summed E-state index contributed by atoms with van der Waals surface area (Å²) in [5.74, 6) is 0.917. The first-order chi connectivity index (χ1) is 14.2. The normalized spacial score (nSPS) is 23.4. The van der Waals surface area contributed by atoms with Gasteiger partial charge in [0.2, 0.25) is 0 Å². The second-order valence-electron chi connectivity index (χ2n) is 8.40. The van der Waals surface area contributed by atoms with Gasteiger partial charge in [-0.15, -0.1) is 0 Å². The Morgan fingerprint density at radius 3 is 2.59 bits per heavy atom. The van der Waals surface area contributed by atoms with Gasteiger partial charge in [0.05, 0.1) is 12.1 Å². The number of aliphatic imine (C=N–C) groups is 1. The lowest BCUT2D eigenvalue weighted by Crippen LogP contribution is -2.46. The van der Waals surface area contributed by atoms with Gasteiger partial charge in [0.1, 0.15) is 0 Å². The summed E-state index contributed by atoms with van der Waals surface area (Å²) in [7, 11) is 0. The number of anilines is 1. The smallest absolute Gasteiger partial charge is 0.191 e. The quantitative estimate of drug-likeness (QED) is 0.379. The average molecular weight is 402 g/mol. The van der Waals surface area contributed by atoms with Crippen molar-refractivity contribution < 1.29 is 4.74 Å². The fraction of sp³-hybridized carbons (Fsp3) is 0.696. The van der Waals surface area contributed by atoms with E-state index in [1.54, 1.807) is 0 Å². The number of guanidine groups is 1. The zero-order valence-corrected chi connectivity index (χ0v) is 18.3. The number of nitrogens with one attached hydrogen (secondary N) is 2. The van der Waals surface area contributed by atoms with E-state index in [1.165, 1.54) is 18.7 Å². The monoisotopic (exact) mass is 401 g/mol. The molecule has 2 N–H and O–H groups in total. The molecular formula is C23H39N5O. The van der Waals surface area contributed by atoms with Crippen LogP contribution in [0.5, 0.6) is 0 Å². The minimum absolute atomic E-state index is 0.0791. The van der Waals surface area contributed by atoms with Gasteiger partial charge in [-0.05, 0) is 58.2 Å². The zero-order chi connectivity index (χ0) is 20.4. The van der Waals surface area contributed by atoms with E-state index in [0.717, 1.165) is 77.6 Å². The van der Waals surface area contributed by atoms with Crippen LogP contribution in [0.15, 0.2) is 35.3 Å². The van der Waals surface area contributed by atoms with Gasteiger partial charge in [0.25, 0.3) is 0 Å². The molecule has 1 aromatic rings. The fourth-order valence-corrected chi connectivity index (χ4v) is 4.09. The third-order valence-corrected chi connectivity index (χ3v) is 5.90. The molecule has 2 aliphatic heterocycles. The molecule has 29 heavy (non-hydrogen) atoms. The molecule has 0 spiro atoms. The molecule has 0 aliphatic carbocycles. The van der Waals surface area contributed by atoms with Crippen LogP contribution in [-0.4, -0.2) is 75.4 Å². The van der Waals surface area contributed by atoms with Crippen LogP contribution >= 0.6 is 0 Å². The maximum absolute atomic E-state index is 5.84. The molecule has 0 aromatic heterocycles. The molecule has 2 saturated heterocycles. The summed E-state index contributed by atoms with van der Waals surface area (Å²) in [6, 6.07) is 10.8. The number of para-hydroxylation sites is 1. The largest absolute Gasteiger partial charge is 0.373 e. The Morgan fingerprint density at radius 1 is 1.10 bits per heavy atom. The van der Waals surface area contributed by atoms with Crippen LogP contribution in [0.4, 0.5) is 5.69 Å². The van der Waals surface area contributed by atoms with Crippen molar-refractivity contribution in [2.75, 3.05) is 63.9 Å². The van der Waals surface area contributed by atoms with Crippen molar-refractivity contribution in [1.82, 2.24) is 15.5 Å². The Hall–Kier alpha value is -1.79. The number of hydrogen-bond donors (Lipinski definition) is 2. The van der Waals surface area contributed by atoms with E-state index in [0.29, 0.717) is 0 Å². The van der Waals surface area contributed by atoms with E-state index < -0.39 is 0 Å². The third-order valence-electron chi connectivity index (χ3n) is 5.90. The second-order valence-corrected chi connectivity index (χ2v) is 8.40. The SMILES string of the molecule is CCNC(=NCC1(C)CCCO1)NCCCCN1CCN(c2ccccc2)CC1. The highest BCUT2D eigenvalue weighted by Gasteiger charge is 2.29. The highest BCUT2D eigenvalue weighted by molar-refractivity contribution is 5.79. The molecule has 2 fully saturated rings. The van der Waals surface area contributed by atoms with Crippen molar-refractivity contribution in [3.8, 4) is 0 Å². The fourth-order valence-electron chi connectivity index (χ4n) is 4.09. The molecule has 2 aliphatic rings. The summed E-state index contributed by atoms with van der Waals surface area (Å²) in [5, 5.41) is 6.84. The van der Waals surface area contributed by atoms with Crippen LogP contribution in [0.1, 0.15) is 39.5 Å². The van der Waals surface area contributed by atoms with Crippen LogP contribution in [0.2, 0.25) is 0 Å². The van der Waals surface area contributed by atoms with Gasteiger partial charge in [-0.1, -0.05) is 18.2 Å². The first-order valence-corrected chi connectivity index (χ1v) is 11.4. The van der Waals surface area contributed by atoms with E-state index in [-0.39, 0.29) is 5.60 Å². The lowest BCUT2D eigenvalue weighted by atomic mass is 10.0. The Morgan fingerprint density at radius 2 is 1.90 bits per heavy atom. The molecule has 0 saturated carbocycles. The van der Waals surface area contributed by atoms with Gasteiger partial charge < -0.3 is 20.3 Å². The summed E-state index contributed by atoms with van der Waals surface area (Å²) >= 11 is 0. The molecule has 2 heterocycles. The molecule has 6 nitrogen and oxygen atoms in total. The summed E-state index contributed by atoms with van der Waals surface area (Å²) < 4.78 is 5.84. The Balaban J connectivity index is 1.29. The van der Waals surface area contributed by atoms with Gasteiger partial charge in [-0.2, -0.15) is 0 Å². The summed E-state index contributed by atoms with van der Waals surface area (Å²) in [4.78, 5) is 9.83. The molecule has 0 amide bonds. The minimum atomic E-state index is -0.0791. The number of rotatable bonds is 9. The van der Waals surface area contributed by atoms with Crippen molar-refractivity contribution in [2.24, 2.45) is 4.99 Å². The zero-order valence-electron chi connectivity index (χ0n) is 18.3. The summed E-state index contributed by atoms with van der Waals surface area (Å²) in [6.45, 7) is 13.5. The summed E-state index contributed by atoms with van der Waals surface area (Å²) in [5.41, 5.74) is 1.27. The highest BCUT2D eigenvalue weighted by atomic mass is 16.5. The van der Waals surface area contributed by atoms with Crippen LogP contribution in [0, 0.1) is 0 Å². The van der Waals surface area contributed by atoms with E-state index in [9.17, 15) is 0 Å². The summed E-state index contributed by atoms with van der Waals surface area (Å²) in [6.07, 6.45) is 4.64. The standard InChI is InChI=1S/C23H39N5O/c1-3-24-22(26-20-23(2)12-9-19-29-23)25-13-7-8-14-27-15-17-28(18-16-27)21-10-5-4-6-11-21/h4-6,10-11H,3,7-9,12-20H2,1-2H3,(H2,24,25,26). The predicted octanol–water partition coefficient (Wildman–Crippen LogP) is 2.71. The van der Waals surface area contributed by atoms with Gasteiger partial charge in [-0.25, -0.2) is 0 Å². The molecule has 0 bridgehead atoms. The lowest BCUT2D eigenvalue weighted by molar-refractivity contribution is 0.0283. The number of nitrogens with zero attached hydrogens (tertiary/aromatic N) is 3. The molecule has 6 heteroatoms. The maximum atomic E-state index is 5.84. The van der Waals surface area contributed by atoms with Crippen LogP contribution in [0.3, 0.4) is 0 Å². The Kier molecular flexibility index (Phi) is 8.62. The van der Waals surface area contributed by atoms with Gasteiger partial charge in [0, 0.05) is 51.6 Å². The third kappa shape index (κ3) is 7.19. The van der Waals surface area contributed by atoms with Crippen molar-refractivity contribution in [3.05, 3.63) is 30.3 Å². The Bertz CT molecular complexity index is 607. The minimum Gasteiger partial charge on any atom is -0.373 e. The number of hydrogen-bond acceptors (Lipinski definition) is 4. The molecule has 0 radical (unpaired) electrons. The first-order valence-electron chi connectivity index (χ1n) is 11.4. The van der Waals surface area contributed by atoms with Gasteiger partial charge in [-0.3, -0.25) is 9.89 Å². The van der Waals surface area contributed by atoms with Crippen molar-refractivity contribution in [3.63, 3.8) is 0 Å². The number of benzene rings is 1.